The van der Waals surface area contributed by atoms with Crippen LogP contribution in [0.1, 0.15) is 32.6 Å². The number of likely N-dealkylation sites (tertiary alicyclic amines) is 1. The lowest BCUT2D eigenvalue weighted by Crippen LogP contribution is -2.41. The maximum absolute atomic E-state index is 6.19. The Kier molecular flexibility index (Phi) is 6.17. The van der Waals surface area contributed by atoms with Crippen molar-refractivity contribution in [2.75, 3.05) is 43.5 Å². The zero-order valence-electron chi connectivity index (χ0n) is 18.5. The van der Waals surface area contributed by atoms with E-state index < -0.39 is 0 Å². The lowest BCUT2D eigenvalue weighted by atomic mass is 9.93. The molecular formula is C23H30ClN7O. The quantitative estimate of drug-likeness (QED) is 0.549. The molecule has 170 valence electrons. The molecule has 0 aliphatic carbocycles. The molecule has 0 unspecified atom stereocenters. The van der Waals surface area contributed by atoms with Crippen molar-refractivity contribution < 1.29 is 4.74 Å². The van der Waals surface area contributed by atoms with Gasteiger partial charge in [-0.15, -0.1) is 0 Å². The molecule has 2 fully saturated rings. The topological polar surface area (TPSA) is 80.1 Å². The Morgan fingerprint density at radius 3 is 2.72 bits per heavy atom. The molecular weight excluding hydrogens is 426 g/mol. The summed E-state index contributed by atoms with van der Waals surface area (Å²) in [5.74, 6) is 1.39. The highest BCUT2D eigenvalue weighted by molar-refractivity contribution is 6.30. The molecule has 4 heterocycles. The number of imidazole rings is 1. The normalized spacial score (nSPS) is 18.8. The number of anilines is 3. The van der Waals surface area contributed by atoms with Gasteiger partial charge in [0, 0.05) is 42.6 Å². The van der Waals surface area contributed by atoms with Crippen LogP contribution in [0.2, 0.25) is 5.02 Å². The summed E-state index contributed by atoms with van der Waals surface area (Å²) in [6, 6.07) is 7.68. The number of hydrogen-bond acceptors (Lipinski definition) is 7. The second-order valence-electron chi connectivity index (χ2n) is 8.97. The van der Waals surface area contributed by atoms with Crippen LogP contribution in [0.15, 0.2) is 30.5 Å². The van der Waals surface area contributed by atoms with Gasteiger partial charge in [-0.3, -0.25) is 4.57 Å². The number of fused-ring (bicyclic) bond motifs is 1. The van der Waals surface area contributed by atoms with Gasteiger partial charge >= 0.3 is 0 Å². The molecule has 8 nitrogen and oxygen atoms in total. The van der Waals surface area contributed by atoms with Gasteiger partial charge in [0.25, 0.3) is 0 Å². The fourth-order valence-electron chi connectivity index (χ4n) is 4.45. The monoisotopic (exact) mass is 455 g/mol. The number of ether oxygens (including phenoxy) is 1. The van der Waals surface area contributed by atoms with E-state index in [1.807, 2.05) is 30.5 Å². The average molecular weight is 456 g/mol. The van der Waals surface area contributed by atoms with Crippen LogP contribution < -0.4 is 10.6 Å². The first-order valence-corrected chi connectivity index (χ1v) is 11.8. The lowest BCUT2D eigenvalue weighted by Gasteiger charge is -2.34. The van der Waals surface area contributed by atoms with Gasteiger partial charge in [-0.1, -0.05) is 17.7 Å². The predicted octanol–water partition coefficient (Wildman–Crippen LogP) is 4.30. The average Bonchev–Trinajstić information content (AvgIpc) is 3.40. The van der Waals surface area contributed by atoms with Gasteiger partial charge in [-0.2, -0.15) is 4.98 Å². The standard InChI is InChI=1S/C23H30ClN7O/c1-23(7-13-32-14-8-23)29-21-25-16-19-20(28-21)31(12-11-30-9-2-3-10-30)22(27-19)26-18-6-4-5-17(24)15-18/h4-6,15-16H,2-3,7-14H2,1H3,(H,26,27)(H,25,28,29). The number of hydrogen-bond donors (Lipinski definition) is 2. The lowest BCUT2D eigenvalue weighted by molar-refractivity contribution is 0.0656. The molecule has 0 saturated carbocycles. The maximum Gasteiger partial charge on any atom is 0.225 e. The predicted molar refractivity (Wildman–Crippen MR) is 128 cm³/mol. The molecule has 0 radical (unpaired) electrons. The molecule has 2 saturated heterocycles. The van der Waals surface area contributed by atoms with E-state index in [0.29, 0.717) is 11.0 Å². The number of nitrogens with one attached hydrogen (secondary N) is 2. The van der Waals surface area contributed by atoms with Crippen LogP contribution in [0.3, 0.4) is 0 Å². The van der Waals surface area contributed by atoms with E-state index in [2.05, 4.69) is 32.0 Å². The molecule has 1 aromatic carbocycles. The van der Waals surface area contributed by atoms with Crippen molar-refractivity contribution in [1.29, 1.82) is 0 Å². The summed E-state index contributed by atoms with van der Waals surface area (Å²) >= 11 is 6.19. The molecule has 32 heavy (non-hydrogen) atoms. The van der Waals surface area contributed by atoms with E-state index in [1.165, 1.54) is 12.8 Å². The zero-order valence-corrected chi connectivity index (χ0v) is 19.2. The van der Waals surface area contributed by atoms with E-state index in [0.717, 1.165) is 75.0 Å². The maximum atomic E-state index is 6.19. The molecule has 2 aliphatic heterocycles. The van der Waals surface area contributed by atoms with Crippen molar-refractivity contribution in [3.8, 4) is 0 Å². The molecule has 2 aliphatic rings. The molecule has 2 N–H and O–H groups in total. The van der Waals surface area contributed by atoms with E-state index >= 15 is 0 Å². The Morgan fingerprint density at radius 2 is 1.94 bits per heavy atom. The van der Waals surface area contributed by atoms with Crippen LogP contribution in [0.5, 0.6) is 0 Å². The van der Waals surface area contributed by atoms with E-state index in [9.17, 15) is 0 Å². The zero-order chi connectivity index (χ0) is 22.0. The highest BCUT2D eigenvalue weighted by Gasteiger charge is 2.28. The largest absolute Gasteiger partial charge is 0.381 e. The van der Waals surface area contributed by atoms with E-state index in [1.54, 1.807) is 0 Å². The van der Waals surface area contributed by atoms with Crippen molar-refractivity contribution in [2.24, 2.45) is 0 Å². The molecule has 0 amide bonds. The van der Waals surface area contributed by atoms with Crippen LogP contribution in [-0.4, -0.2) is 62.8 Å². The fourth-order valence-corrected chi connectivity index (χ4v) is 4.64. The minimum atomic E-state index is -0.0613. The Balaban J connectivity index is 1.46. The Morgan fingerprint density at radius 1 is 1.12 bits per heavy atom. The number of benzene rings is 1. The van der Waals surface area contributed by atoms with Gasteiger partial charge in [-0.25, -0.2) is 9.97 Å². The van der Waals surface area contributed by atoms with Crippen molar-refractivity contribution >= 4 is 40.3 Å². The Bertz CT molecular complexity index is 1070. The Labute approximate surface area is 193 Å². The molecule has 9 heteroatoms. The molecule has 0 atom stereocenters. The van der Waals surface area contributed by atoms with Crippen molar-refractivity contribution in [1.82, 2.24) is 24.4 Å². The highest BCUT2D eigenvalue weighted by Crippen LogP contribution is 2.27. The van der Waals surface area contributed by atoms with Crippen LogP contribution in [0.4, 0.5) is 17.6 Å². The minimum Gasteiger partial charge on any atom is -0.381 e. The van der Waals surface area contributed by atoms with Crippen molar-refractivity contribution in [2.45, 2.75) is 44.7 Å². The van der Waals surface area contributed by atoms with Gasteiger partial charge in [0.1, 0.15) is 5.52 Å². The number of halogens is 1. The summed E-state index contributed by atoms with van der Waals surface area (Å²) < 4.78 is 7.68. The van der Waals surface area contributed by atoms with Crippen LogP contribution >= 0.6 is 11.6 Å². The van der Waals surface area contributed by atoms with Gasteiger partial charge in [0.05, 0.1) is 6.20 Å². The van der Waals surface area contributed by atoms with Gasteiger partial charge < -0.3 is 20.3 Å². The minimum absolute atomic E-state index is 0.0613. The molecule has 0 spiro atoms. The van der Waals surface area contributed by atoms with Gasteiger partial charge in [-0.05, 0) is 63.9 Å². The summed E-state index contributed by atoms with van der Waals surface area (Å²) in [7, 11) is 0. The number of nitrogens with zero attached hydrogens (tertiary/aromatic N) is 5. The smallest absolute Gasteiger partial charge is 0.225 e. The highest BCUT2D eigenvalue weighted by atomic mass is 35.5. The molecule has 5 rings (SSSR count). The first-order chi connectivity index (χ1) is 15.6. The number of aromatic nitrogens is 4. The summed E-state index contributed by atoms with van der Waals surface area (Å²) in [5.41, 5.74) is 2.45. The number of rotatable bonds is 7. The third kappa shape index (κ3) is 4.82. The summed E-state index contributed by atoms with van der Waals surface area (Å²) in [5, 5.41) is 7.67. The molecule has 0 bridgehead atoms. The second-order valence-corrected chi connectivity index (χ2v) is 9.41. The first-order valence-electron chi connectivity index (χ1n) is 11.4. The van der Waals surface area contributed by atoms with Crippen molar-refractivity contribution in [3.05, 3.63) is 35.5 Å². The summed E-state index contributed by atoms with van der Waals surface area (Å²) in [6.45, 7) is 7.82. The third-order valence-corrected chi connectivity index (χ3v) is 6.65. The SMILES string of the molecule is CC1(Nc2ncc3nc(Nc4cccc(Cl)c4)n(CCN4CCCC4)c3n2)CCOCC1. The first kappa shape index (κ1) is 21.4. The van der Waals surface area contributed by atoms with Crippen LogP contribution in [0.25, 0.3) is 11.2 Å². The Hall–Kier alpha value is -2.42. The van der Waals surface area contributed by atoms with E-state index in [-0.39, 0.29) is 5.54 Å². The van der Waals surface area contributed by atoms with Crippen LogP contribution in [0, 0.1) is 0 Å². The van der Waals surface area contributed by atoms with Crippen LogP contribution in [-0.2, 0) is 11.3 Å². The third-order valence-electron chi connectivity index (χ3n) is 6.42. The molecule has 3 aromatic rings. The van der Waals surface area contributed by atoms with Gasteiger partial charge in [0.2, 0.25) is 11.9 Å². The second kappa shape index (κ2) is 9.21. The van der Waals surface area contributed by atoms with E-state index in [4.69, 9.17) is 26.3 Å². The summed E-state index contributed by atoms with van der Waals surface area (Å²) in [6.07, 6.45) is 6.23. The molecule has 2 aromatic heterocycles. The fraction of sp³-hybridized carbons (Fsp3) is 0.522. The van der Waals surface area contributed by atoms with Crippen molar-refractivity contribution in [3.63, 3.8) is 0 Å². The van der Waals surface area contributed by atoms with Gasteiger partial charge in [0.15, 0.2) is 5.65 Å². The summed E-state index contributed by atoms with van der Waals surface area (Å²) in [4.78, 5) is 16.8.